The number of fused-ring (bicyclic) bond motifs is 1. The van der Waals surface area contributed by atoms with Crippen molar-refractivity contribution in [1.29, 1.82) is 0 Å². The Balaban J connectivity index is 1.85. The molecule has 0 spiro atoms. The summed E-state index contributed by atoms with van der Waals surface area (Å²) >= 11 is 0. The van der Waals surface area contributed by atoms with Crippen LogP contribution in [0.15, 0.2) is 48.5 Å². The SMILES string of the molecule is C[C](C)CN1CC(C)(CCc2ccccc2)c2cc(C)ccc21. The van der Waals surface area contributed by atoms with E-state index in [0.29, 0.717) is 0 Å². The van der Waals surface area contributed by atoms with Crippen molar-refractivity contribution in [1.82, 2.24) is 0 Å². The molecule has 1 heteroatoms. The van der Waals surface area contributed by atoms with Crippen molar-refractivity contribution >= 4 is 5.69 Å². The zero-order valence-electron chi connectivity index (χ0n) is 14.9. The minimum atomic E-state index is 0.243. The van der Waals surface area contributed by atoms with Gasteiger partial charge < -0.3 is 4.90 Å². The molecule has 1 atom stereocenters. The standard InChI is InChI=1S/C22H28N/c1-17(2)15-23-16-22(4,13-12-19-8-6-5-7-9-19)20-14-18(3)10-11-21(20)23/h5-11,14H,12-13,15-16H2,1-4H3. The van der Waals surface area contributed by atoms with Crippen molar-refractivity contribution in [3.63, 3.8) is 0 Å². The van der Waals surface area contributed by atoms with Crippen LogP contribution in [0.5, 0.6) is 0 Å². The molecular weight excluding hydrogens is 278 g/mol. The molecule has 121 valence electrons. The minimum Gasteiger partial charge on any atom is -0.370 e. The fraction of sp³-hybridized carbons (Fsp3) is 0.409. The summed E-state index contributed by atoms with van der Waals surface area (Å²) in [5.41, 5.74) is 6.03. The summed E-state index contributed by atoms with van der Waals surface area (Å²) in [4.78, 5) is 2.56. The summed E-state index contributed by atoms with van der Waals surface area (Å²) in [6, 6.07) is 17.9. The van der Waals surface area contributed by atoms with Crippen molar-refractivity contribution in [2.75, 3.05) is 18.0 Å². The molecule has 0 aromatic heterocycles. The van der Waals surface area contributed by atoms with Crippen LogP contribution in [0.3, 0.4) is 0 Å². The summed E-state index contributed by atoms with van der Waals surface area (Å²) in [6.07, 6.45) is 2.35. The average Bonchev–Trinajstić information content (AvgIpc) is 2.78. The van der Waals surface area contributed by atoms with Gasteiger partial charge in [0.1, 0.15) is 0 Å². The van der Waals surface area contributed by atoms with E-state index in [0.717, 1.165) is 19.5 Å². The maximum absolute atomic E-state index is 2.56. The van der Waals surface area contributed by atoms with E-state index >= 15 is 0 Å². The van der Waals surface area contributed by atoms with Crippen LogP contribution in [0.25, 0.3) is 0 Å². The molecule has 0 aliphatic carbocycles. The van der Waals surface area contributed by atoms with Crippen LogP contribution in [0, 0.1) is 12.8 Å². The summed E-state index contributed by atoms with van der Waals surface area (Å²) in [5.74, 6) is 1.48. The number of anilines is 1. The van der Waals surface area contributed by atoms with E-state index < -0.39 is 0 Å². The summed E-state index contributed by atoms with van der Waals surface area (Å²) < 4.78 is 0. The monoisotopic (exact) mass is 306 g/mol. The first-order valence-electron chi connectivity index (χ1n) is 8.67. The molecule has 0 saturated carbocycles. The molecule has 2 aromatic carbocycles. The molecular formula is C22H28N. The molecule has 1 heterocycles. The predicted octanol–water partition coefficient (Wildman–Crippen LogP) is 5.32. The lowest BCUT2D eigenvalue weighted by molar-refractivity contribution is 0.458. The lowest BCUT2D eigenvalue weighted by atomic mass is 9.79. The number of hydrogen-bond donors (Lipinski definition) is 0. The summed E-state index contributed by atoms with van der Waals surface area (Å²) in [7, 11) is 0. The maximum atomic E-state index is 2.56. The zero-order valence-corrected chi connectivity index (χ0v) is 14.9. The highest BCUT2D eigenvalue weighted by molar-refractivity contribution is 5.64. The topological polar surface area (TPSA) is 3.24 Å². The highest BCUT2D eigenvalue weighted by Gasteiger charge is 2.38. The highest BCUT2D eigenvalue weighted by atomic mass is 15.2. The number of benzene rings is 2. The Bertz CT molecular complexity index is 659. The van der Waals surface area contributed by atoms with Crippen LogP contribution in [-0.2, 0) is 11.8 Å². The largest absolute Gasteiger partial charge is 0.370 e. The number of hydrogen-bond acceptors (Lipinski definition) is 1. The molecule has 1 aliphatic rings. The molecule has 0 amide bonds. The smallest absolute Gasteiger partial charge is 0.0405 e. The minimum absolute atomic E-state index is 0.243. The van der Waals surface area contributed by atoms with E-state index in [-0.39, 0.29) is 5.41 Å². The Kier molecular flexibility index (Phi) is 4.48. The number of rotatable bonds is 5. The van der Waals surface area contributed by atoms with Gasteiger partial charge in [-0.05, 0) is 42.9 Å². The first-order chi connectivity index (χ1) is 11.0. The molecule has 1 radical (unpaired) electrons. The van der Waals surface area contributed by atoms with E-state index in [2.05, 4.69) is 81.1 Å². The van der Waals surface area contributed by atoms with Crippen molar-refractivity contribution in [3.05, 3.63) is 71.1 Å². The van der Waals surface area contributed by atoms with Crippen LogP contribution in [-0.4, -0.2) is 13.1 Å². The van der Waals surface area contributed by atoms with Gasteiger partial charge in [-0.25, -0.2) is 0 Å². The second-order valence-corrected chi connectivity index (χ2v) is 7.63. The van der Waals surface area contributed by atoms with Crippen LogP contribution in [0.1, 0.15) is 43.9 Å². The summed E-state index contributed by atoms with van der Waals surface area (Å²) in [6.45, 7) is 11.3. The Labute approximate surface area is 141 Å². The van der Waals surface area contributed by atoms with Gasteiger partial charge in [-0.2, -0.15) is 0 Å². The quantitative estimate of drug-likeness (QED) is 0.722. The third kappa shape index (κ3) is 3.44. The predicted molar refractivity (Wildman–Crippen MR) is 100 cm³/mol. The maximum Gasteiger partial charge on any atom is 0.0405 e. The fourth-order valence-electron chi connectivity index (χ4n) is 3.80. The second-order valence-electron chi connectivity index (χ2n) is 7.63. The van der Waals surface area contributed by atoms with E-state index in [1.165, 1.54) is 34.7 Å². The van der Waals surface area contributed by atoms with Gasteiger partial charge in [-0.1, -0.05) is 68.8 Å². The fourth-order valence-corrected chi connectivity index (χ4v) is 3.80. The molecule has 0 N–H and O–H groups in total. The van der Waals surface area contributed by atoms with E-state index in [1.807, 2.05) is 0 Å². The van der Waals surface area contributed by atoms with Crippen molar-refractivity contribution in [2.45, 2.75) is 46.0 Å². The van der Waals surface area contributed by atoms with Gasteiger partial charge >= 0.3 is 0 Å². The van der Waals surface area contributed by atoms with Crippen LogP contribution in [0.4, 0.5) is 5.69 Å². The molecule has 0 bridgehead atoms. The van der Waals surface area contributed by atoms with E-state index in [9.17, 15) is 0 Å². The van der Waals surface area contributed by atoms with Crippen LogP contribution < -0.4 is 4.90 Å². The average molecular weight is 306 g/mol. The van der Waals surface area contributed by atoms with Gasteiger partial charge in [0.25, 0.3) is 0 Å². The third-order valence-corrected chi connectivity index (χ3v) is 5.00. The third-order valence-electron chi connectivity index (χ3n) is 5.00. The zero-order chi connectivity index (χ0) is 16.4. The Morgan fingerprint density at radius 1 is 1.09 bits per heavy atom. The van der Waals surface area contributed by atoms with Gasteiger partial charge in [-0.3, -0.25) is 0 Å². The molecule has 3 rings (SSSR count). The van der Waals surface area contributed by atoms with E-state index in [1.54, 1.807) is 0 Å². The normalized spacial score (nSPS) is 20.1. The Hall–Kier alpha value is -1.76. The molecule has 0 fully saturated rings. The Morgan fingerprint density at radius 2 is 1.83 bits per heavy atom. The van der Waals surface area contributed by atoms with Gasteiger partial charge in [-0.15, -0.1) is 0 Å². The molecule has 1 unspecified atom stereocenters. The van der Waals surface area contributed by atoms with Gasteiger partial charge in [0.05, 0.1) is 0 Å². The number of nitrogens with zero attached hydrogens (tertiary/aromatic N) is 1. The molecule has 1 nitrogen and oxygen atoms in total. The molecule has 0 saturated heterocycles. The van der Waals surface area contributed by atoms with E-state index in [4.69, 9.17) is 0 Å². The van der Waals surface area contributed by atoms with Crippen molar-refractivity contribution in [2.24, 2.45) is 0 Å². The molecule has 23 heavy (non-hydrogen) atoms. The number of aryl methyl sites for hydroxylation is 2. The summed E-state index contributed by atoms with van der Waals surface area (Å²) in [5, 5.41) is 0. The lowest BCUT2D eigenvalue weighted by Crippen LogP contribution is -2.33. The van der Waals surface area contributed by atoms with Crippen molar-refractivity contribution < 1.29 is 0 Å². The second kappa shape index (κ2) is 6.39. The van der Waals surface area contributed by atoms with Gasteiger partial charge in [0, 0.05) is 24.2 Å². The molecule has 2 aromatic rings. The van der Waals surface area contributed by atoms with Crippen LogP contribution >= 0.6 is 0 Å². The van der Waals surface area contributed by atoms with Gasteiger partial charge in [0.2, 0.25) is 0 Å². The lowest BCUT2D eigenvalue weighted by Gasteiger charge is -2.27. The molecule has 1 aliphatic heterocycles. The van der Waals surface area contributed by atoms with Crippen molar-refractivity contribution in [3.8, 4) is 0 Å². The first kappa shape index (κ1) is 16.1. The first-order valence-corrected chi connectivity index (χ1v) is 8.67. The Morgan fingerprint density at radius 3 is 2.52 bits per heavy atom. The van der Waals surface area contributed by atoms with Gasteiger partial charge in [0.15, 0.2) is 0 Å². The highest BCUT2D eigenvalue weighted by Crippen LogP contribution is 2.44. The van der Waals surface area contributed by atoms with Crippen LogP contribution in [0.2, 0.25) is 0 Å².